The Kier molecular flexibility index (Phi) is 3.10. The maximum absolute atomic E-state index is 10.7. The summed E-state index contributed by atoms with van der Waals surface area (Å²) in [5, 5.41) is 10.2. The molecule has 1 N–H and O–H groups in total. The van der Waals surface area contributed by atoms with Crippen molar-refractivity contribution < 1.29 is 9.90 Å². The molecule has 3 nitrogen and oxygen atoms in total. The lowest BCUT2D eigenvalue weighted by atomic mass is 10.1. The highest BCUT2D eigenvalue weighted by Gasteiger charge is 2.14. The van der Waals surface area contributed by atoms with Gasteiger partial charge in [-0.1, -0.05) is 24.3 Å². The van der Waals surface area contributed by atoms with Gasteiger partial charge in [0.25, 0.3) is 0 Å². The first-order valence-corrected chi connectivity index (χ1v) is 5.43. The molecule has 0 fully saturated rings. The Morgan fingerprint density at radius 1 is 1.38 bits per heavy atom. The van der Waals surface area contributed by atoms with Crippen LogP contribution in [0.25, 0.3) is 10.8 Å². The monoisotopic (exact) mass is 233 g/mol. The number of aromatic nitrogens is 1. The van der Waals surface area contributed by atoms with E-state index in [1.54, 1.807) is 6.20 Å². The Morgan fingerprint density at radius 3 is 2.88 bits per heavy atom. The zero-order valence-electron chi connectivity index (χ0n) is 8.50. The average Bonchev–Trinajstić information content (AvgIpc) is 2.29. The third kappa shape index (κ3) is 2.17. The van der Waals surface area contributed by atoms with Crippen LogP contribution in [0.4, 0.5) is 0 Å². The number of carbonyl (C=O) groups is 1. The van der Waals surface area contributed by atoms with E-state index < -0.39 is 11.2 Å². The second kappa shape index (κ2) is 4.53. The van der Waals surface area contributed by atoms with E-state index in [-0.39, 0.29) is 0 Å². The topological polar surface area (TPSA) is 50.2 Å². The van der Waals surface area contributed by atoms with Gasteiger partial charge in [0.2, 0.25) is 0 Å². The second-order valence-corrected chi connectivity index (χ2v) is 4.16. The summed E-state index contributed by atoms with van der Waals surface area (Å²) >= 11 is 4.02. The number of benzene rings is 1. The van der Waals surface area contributed by atoms with E-state index >= 15 is 0 Å². The van der Waals surface area contributed by atoms with Gasteiger partial charge in [0.1, 0.15) is 5.25 Å². The van der Waals surface area contributed by atoms with E-state index in [1.807, 2.05) is 30.3 Å². The second-order valence-electron chi connectivity index (χ2n) is 3.54. The third-order valence-corrected chi connectivity index (χ3v) is 2.83. The standard InChI is InChI=1S/C12H11NO2S/c14-12(15)11(16)7-10-9-4-2-1-3-8(9)5-6-13-10/h1-6,11,16H,7H2,(H,14,15). The van der Waals surface area contributed by atoms with Crippen molar-refractivity contribution in [2.45, 2.75) is 11.7 Å². The molecule has 1 aromatic carbocycles. The van der Waals surface area contributed by atoms with E-state index in [1.165, 1.54) is 0 Å². The van der Waals surface area contributed by atoms with Gasteiger partial charge in [0.15, 0.2) is 0 Å². The highest BCUT2D eigenvalue weighted by atomic mass is 32.1. The first kappa shape index (κ1) is 11.0. The molecule has 1 aromatic heterocycles. The quantitative estimate of drug-likeness (QED) is 0.799. The van der Waals surface area contributed by atoms with E-state index in [0.29, 0.717) is 6.42 Å². The normalized spacial score (nSPS) is 12.6. The lowest BCUT2D eigenvalue weighted by Gasteiger charge is -2.07. The van der Waals surface area contributed by atoms with Gasteiger partial charge in [-0.2, -0.15) is 12.6 Å². The van der Waals surface area contributed by atoms with Crippen molar-refractivity contribution in [3.63, 3.8) is 0 Å². The molecular formula is C12H11NO2S. The molecule has 2 aromatic rings. The molecular weight excluding hydrogens is 222 g/mol. The molecule has 0 bridgehead atoms. The summed E-state index contributed by atoms with van der Waals surface area (Å²) in [6.07, 6.45) is 2.03. The zero-order valence-corrected chi connectivity index (χ0v) is 9.39. The minimum Gasteiger partial charge on any atom is -0.480 e. The van der Waals surface area contributed by atoms with Crippen LogP contribution < -0.4 is 0 Å². The molecule has 4 heteroatoms. The van der Waals surface area contributed by atoms with Crippen molar-refractivity contribution >= 4 is 29.4 Å². The van der Waals surface area contributed by atoms with Gasteiger partial charge in [-0.25, -0.2) is 0 Å². The number of thiol groups is 1. The van der Waals surface area contributed by atoms with E-state index in [9.17, 15) is 4.79 Å². The summed E-state index contributed by atoms with van der Waals surface area (Å²) < 4.78 is 0. The molecule has 0 aliphatic carbocycles. The van der Waals surface area contributed by atoms with Crippen molar-refractivity contribution in [1.29, 1.82) is 0 Å². The van der Waals surface area contributed by atoms with Crippen LogP contribution in [-0.4, -0.2) is 21.3 Å². The zero-order chi connectivity index (χ0) is 11.5. The molecule has 0 saturated carbocycles. The van der Waals surface area contributed by atoms with Gasteiger partial charge in [-0.3, -0.25) is 9.78 Å². The Hall–Kier alpha value is -1.55. The molecule has 0 aliphatic heterocycles. The number of fused-ring (bicyclic) bond motifs is 1. The fourth-order valence-corrected chi connectivity index (χ4v) is 1.79. The molecule has 2 rings (SSSR count). The molecule has 0 spiro atoms. The Morgan fingerprint density at radius 2 is 2.12 bits per heavy atom. The molecule has 82 valence electrons. The van der Waals surface area contributed by atoms with Crippen LogP contribution in [0.1, 0.15) is 5.69 Å². The molecule has 0 radical (unpaired) electrons. The molecule has 16 heavy (non-hydrogen) atoms. The Labute approximate surface area is 98.5 Å². The predicted molar refractivity (Wildman–Crippen MR) is 65.9 cm³/mol. The first-order valence-electron chi connectivity index (χ1n) is 4.92. The number of aliphatic carboxylic acids is 1. The van der Waals surface area contributed by atoms with Crippen molar-refractivity contribution in [3.05, 3.63) is 42.2 Å². The van der Waals surface area contributed by atoms with Crippen LogP contribution in [0, 0.1) is 0 Å². The minimum atomic E-state index is -0.918. The van der Waals surface area contributed by atoms with Crippen molar-refractivity contribution in [2.75, 3.05) is 0 Å². The SMILES string of the molecule is O=C(O)C(S)Cc1nccc2ccccc12. The number of pyridine rings is 1. The smallest absolute Gasteiger partial charge is 0.316 e. The lowest BCUT2D eigenvalue weighted by Crippen LogP contribution is -2.17. The summed E-state index contributed by atoms with van der Waals surface area (Å²) in [4.78, 5) is 15.0. The lowest BCUT2D eigenvalue weighted by molar-refractivity contribution is -0.136. The summed E-state index contributed by atoms with van der Waals surface area (Å²) in [5.74, 6) is -0.918. The maximum atomic E-state index is 10.7. The van der Waals surface area contributed by atoms with Gasteiger partial charge in [-0.15, -0.1) is 0 Å². The van der Waals surface area contributed by atoms with Crippen molar-refractivity contribution in [3.8, 4) is 0 Å². The molecule has 0 amide bonds. The molecule has 1 atom stereocenters. The van der Waals surface area contributed by atoms with E-state index in [0.717, 1.165) is 16.5 Å². The summed E-state index contributed by atoms with van der Waals surface area (Å²) in [6, 6.07) is 9.70. The predicted octanol–water partition coefficient (Wildman–Crippen LogP) is 2.16. The molecule has 1 unspecified atom stereocenters. The summed E-state index contributed by atoms with van der Waals surface area (Å²) in [7, 11) is 0. The van der Waals surface area contributed by atoms with Crippen LogP contribution in [-0.2, 0) is 11.2 Å². The van der Waals surface area contributed by atoms with Crippen LogP contribution >= 0.6 is 12.6 Å². The van der Waals surface area contributed by atoms with Gasteiger partial charge in [0.05, 0.1) is 0 Å². The average molecular weight is 233 g/mol. The van der Waals surface area contributed by atoms with Crippen molar-refractivity contribution in [2.24, 2.45) is 0 Å². The van der Waals surface area contributed by atoms with Crippen molar-refractivity contribution in [1.82, 2.24) is 4.98 Å². The Bertz CT molecular complexity index is 522. The number of nitrogens with zero attached hydrogens (tertiary/aromatic N) is 1. The van der Waals surface area contributed by atoms with Crippen LogP contribution in [0.2, 0.25) is 0 Å². The number of carboxylic acids is 1. The third-order valence-electron chi connectivity index (χ3n) is 2.43. The van der Waals surface area contributed by atoms with E-state index in [4.69, 9.17) is 5.11 Å². The maximum Gasteiger partial charge on any atom is 0.316 e. The minimum absolute atomic E-state index is 0.333. The fraction of sp³-hybridized carbons (Fsp3) is 0.167. The van der Waals surface area contributed by atoms with E-state index in [2.05, 4.69) is 17.6 Å². The number of carboxylic acid groups (broad SMARTS) is 1. The molecule has 1 heterocycles. The van der Waals surface area contributed by atoms with Gasteiger partial charge < -0.3 is 5.11 Å². The number of rotatable bonds is 3. The highest BCUT2D eigenvalue weighted by molar-refractivity contribution is 7.81. The van der Waals surface area contributed by atoms with Gasteiger partial charge in [0, 0.05) is 23.7 Å². The highest BCUT2D eigenvalue weighted by Crippen LogP contribution is 2.18. The molecule has 0 saturated heterocycles. The first-order chi connectivity index (χ1) is 7.68. The van der Waals surface area contributed by atoms with Gasteiger partial charge in [-0.05, 0) is 11.5 Å². The Balaban J connectivity index is 2.41. The summed E-state index contributed by atoms with van der Waals surface area (Å²) in [5.41, 5.74) is 0.778. The van der Waals surface area contributed by atoms with Crippen LogP contribution in [0.15, 0.2) is 36.5 Å². The largest absolute Gasteiger partial charge is 0.480 e. The number of hydrogen-bond acceptors (Lipinski definition) is 3. The van der Waals surface area contributed by atoms with Crippen LogP contribution in [0.3, 0.4) is 0 Å². The van der Waals surface area contributed by atoms with Gasteiger partial charge >= 0.3 is 5.97 Å². The molecule has 0 aliphatic rings. The summed E-state index contributed by atoms with van der Waals surface area (Å²) in [6.45, 7) is 0. The van der Waals surface area contributed by atoms with Crippen LogP contribution in [0.5, 0.6) is 0 Å². The number of hydrogen-bond donors (Lipinski definition) is 2. The fourth-order valence-electron chi connectivity index (χ4n) is 1.62.